The van der Waals surface area contributed by atoms with Crippen LogP contribution >= 0.6 is 0 Å². The van der Waals surface area contributed by atoms with Crippen LogP contribution in [0, 0.1) is 6.92 Å². The molecule has 0 atom stereocenters. The van der Waals surface area contributed by atoms with Gasteiger partial charge in [-0.3, -0.25) is 14.3 Å². The molecule has 1 aliphatic carbocycles. The molecule has 1 aliphatic rings. The lowest BCUT2D eigenvalue weighted by Crippen LogP contribution is -2.35. The second kappa shape index (κ2) is 4.32. The van der Waals surface area contributed by atoms with Gasteiger partial charge in [-0.15, -0.1) is 0 Å². The van der Waals surface area contributed by atoms with Crippen molar-refractivity contribution in [3.8, 4) is 0 Å². The highest BCUT2D eigenvalue weighted by Crippen LogP contribution is 2.34. The number of hydrogen-bond donors (Lipinski definition) is 2. The van der Waals surface area contributed by atoms with E-state index < -0.39 is 11.9 Å². The molecular weight excluding hydrogens is 236 g/mol. The smallest absolute Gasteiger partial charge is 0.323 e. The third-order valence-corrected chi connectivity index (χ3v) is 3.00. The monoisotopic (exact) mass is 252 g/mol. The summed E-state index contributed by atoms with van der Waals surface area (Å²) in [5, 5.41) is 13.1. The molecule has 1 heterocycles. The maximum atomic E-state index is 11.5. The van der Waals surface area contributed by atoms with Crippen LogP contribution in [0.3, 0.4) is 0 Å². The molecule has 1 aromatic rings. The maximum absolute atomic E-state index is 11.5. The zero-order chi connectivity index (χ0) is 13.4. The topological polar surface area (TPSA) is 101 Å². The second-order valence-corrected chi connectivity index (χ2v) is 4.52. The number of amides is 1. The number of primary amides is 1. The fourth-order valence-corrected chi connectivity index (χ4v) is 2.17. The first-order valence-electron chi connectivity index (χ1n) is 5.73. The Balaban J connectivity index is 2.46. The van der Waals surface area contributed by atoms with Gasteiger partial charge < -0.3 is 15.7 Å². The van der Waals surface area contributed by atoms with Crippen LogP contribution in [-0.4, -0.2) is 39.4 Å². The Morgan fingerprint density at radius 1 is 1.56 bits per heavy atom. The van der Waals surface area contributed by atoms with Crippen molar-refractivity contribution in [1.29, 1.82) is 0 Å². The third-order valence-electron chi connectivity index (χ3n) is 3.00. The van der Waals surface area contributed by atoms with Crippen molar-refractivity contribution in [2.75, 3.05) is 11.4 Å². The molecule has 1 fully saturated rings. The quantitative estimate of drug-likeness (QED) is 0.760. The Morgan fingerprint density at radius 3 is 2.61 bits per heavy atom. The van der Waals surface area contributed by atoms with E-state index in [2.05, 4.69) is 5.10 Å². The standard InChI is InChI=1S/C11H16N4O3/c1-6-9(10(12)18)11(14(2)13-6)15(5-8(16)17)7-3-4-7/h7H,3-5H2,1-2H3,(H2,12,18)(H,16,17). The van der Waals surface area contributed by atoms with E-state index in [9.17, 15) is 9.59 Å². The summed E-state index contributed by atoms with van der Waals surface area (Å²) in [6, 6.07) is 0.161. The number of nitrogens with two attached hydrogens (primary N) is 1. The number of aryl methyl sites for hydroxylation is 2. The van der Waals surface area contributed by atoms with E-state index in [0.29, 0.717) is 17.1 Å². The first-order chi connectivity index (χ1) is 8.41. The predicted molar refractivity (Wildman–Crippen MR) is 64.5 cm³/mol. The Morgan fingerprint density at radius 2 is 2.17 bits per heavy atom. The largest absolute Gasteiger partial charge is 0.480 e. The van der Waals surface area contributed by atoms with Gasteiger partial charge >= 0.3 is 5.97 Å². The normalized spacial score (nSPS) is 14.6. The average molecular weight is 252 g/mol. The van der Waals surface area contributed by atoms with Crippen LogP contribution in [0.25, 0.3) is 0 Å². The van der Waals surface area contributed by atoms with E-state index >= 15 is 0 Å². The van der Waals surface area contributed by atoms with Crippen LogP contribution in [0.2, 0.25) is 0 Å². The van der Waals surface area contributed by atoms with Gasteiger partial charge in [0.15, 0.2) is 0 Å². The Bertz CT molecular complexity index is 505. The minimum absolute atomic E-state index is 0.149. The Kier molecular flexibility index (Phi) is 2.98. The first-order valence-corrected chi connectivity index (χ1v) is 5.73. The number of hydrogen-bond acceptors (Lipinski definition) is 4. The minimum atomic E-state index is -0.934. The summed E-state index contributed by atoms with van der Waals surface area (Å²) in [5.41, 5.74) is 6.19. The number of aromatic nitrogens is 2. The molecule has 18 heavy (non-hydrogen) atoms. The summed E-state index contributed by atoms with van der Waals surface area (Å²) in [6.45, 7) is 1.54. The maximum Gasteiger partial charge on any atom is 0.323 e. The number of anilines is 1. The summed E-state index contributed by atoms with van der Waals surface area (Å²) in [6.07, 6.45) is 1.85. The average Bonchev–Trinajstić information content (AvgIpc) is 3.00. The van der Waals surface area contributed by atoms with Crippen LogP contribution in [0.15, 0.2) is 0 Å². The highest BCUT2D eigenvalue weighted by atomic mass is 16.4. The summed E-state index contributed by atoms with van der Waals surface area (Å²) >= 11 is 0. The molecule has 0 aliphatic heterocycles. The SMILES string of the molecule is Cc1nn(C)c(N(CC(=O)O)C2CC2)c1C(N)=O. The Labute approximate surface area is 104 Å². The zero-order valence-corrected chi connectivity index (χ0v) is 10.4. The van der Waals surface area contributed by atoms with E-state index in [1.54, 1.807) is 18.9 Å². The van der Waals surface area contributed by atoms with Gasteiger partial charge in [-0.1, -0.05) is 0 Å². The number of carboxylic acid groups (broad SMARTS) is 1. The molecular formula is C11H16N4O3. The van der Waals surface area contributed by atoms with E-state index in [0.717, 1.165) is 12.8 Å². The van der Waals surface area contributed by atoms with Crippen molar-refractivity contribution < 1.29 is 14.7 Å². The van der Waals surface area contributed by atoms with Crippen LogP contribution in [0.5, 0.6) is 0 Å². The van der Waals surface area contributed by atoms with E-state index in [1.807, 2.05) is 0 Å². The summed E-state index contributed by atoms with van der Waals surface area (Å²) in [7, 11) is 1.69. The number of carbonyl (C=O) groups is 2. The lowest BCUT2D eigenvalue weighted by atomic mass is 10.2. The molecule has 7 heteroatoms. The number of aliphatic carboxylic acids is 1. The highest BCUT2D eigenvalue weighted by molar-refractivity contribution is 5.99. The van der Waals surface area contributed by atoms with Gasteiger partial charge in [0.25, 0.3) is 5.91 Å². The Hall–Kier alpha value is -2.05. The van der Waals surface area contributed by atoms with Crippen molar-refractivity contribution in [2.45, 2.75) is 25.8 Å². The van der Waals surface area contributed by atoms with Crippen molar-refractivity contribution in [3.63, 3.8) is 0 Å². The third kappa shape index (κ3) is 2.15. The van der Waals surface area contributed by atoms with Crippen molar-refractivity contribution >= 4 is 17.7 Å². The van der Waals surface area contributed by atoms with Gasteiger partial charge in [-0.05, 0) is 19.8 Å². The number of carboxylic acids is 1. The predicted octanol–water partition coefficient (Wildman–Crippen LogP) is -0.119. The number of nitrogens with zero attached hydrogens (tertiary/aromatic N) is 3. The van der Waals surface area contributed by atoms with Crippen molar-refractivity contribution in [2.24, 2.45) is 12.8 Å². The molecule has 0 radical (unpaired) electrons. The molecule has 7 nitrogen and oxygen atoms in total. The van der Waals surface area contributed by atoms with E-state index in [1.165, 1.54) is 4.68 Å². The molecule has 2 rings (SSSR count). The van der Waals surface area contributed by atoms with Crippen LogP contribution in [0.4, 0.5) is 5.82 Å². The van der Waals surface area contributed by atoms with Gasteiger partial charge in [0.1, 0.15) is 17.9 Å². The van der Waals surface area contributed by atoms with Gasteiger partial charge in [0, 0.05) is 13.1 Å². The minimum Gasteiger partial charge on any atom is -0.480 e. The summed E-state index contributed by atoms with van der Waals surface area (Å²) in [5.74, 6) is -1.01. The second-order valence-electron chi connectivity index (χ2n) is 4.52. The molecule has 98 valence electrons. The highest BCUT2D eigenvalue weighted by Gasteiger charge is 2.35. The number of rotatable bonds is 5. The van der Waals surface area contributed by atoms with Crippen LogP contribution < -0.4 is 10.6 Å². The van der Waals surface area contributed by atoms with Crippen LogP contribution in [-0.2, 0) is 11.8 Å². The molecule has 0 unspecified atom stereocenters. The molecule has 0 spiro atoms. The molecule has 1 aromatic heterocycles. The number of carbonyl (C=O) groups excluding carboxylic acids is 1. The lowest BCUT2D eigenvalue weighted by Gasteiger charge is -2.23. The summed E-state index contributed by atoms with van der Waals surface area (Å²) < 4.78 is 1.52. The van der Waals surface area contributed by atoms with Gasteiger partial charge in [-0.2, -0.15) is 5.10 Å². The molecule has 0 bridgehead atoms. The molecule has 0 aromatic carbocycles. The molecule has 3 N–H and O–H groups in total. The van der Waals surface area contributed by atoms with Crippen molar-refractivity contribution in [1.82, 2.24) is 9.78 Å². The molecule has 1 saturated carbocycles. The van der Waals surface area contributed by atoms with Crippen LogP contribution in [0.1, 0.15) is 28.9 Å². The fraction of sp³-hybridized carbons (Fsp3) is 0.545. The van der Waals surface area contributed by atoms with Gasteiger partial charge in [0.2, 0.25) is 0 Å². The van der Waals surface area contributed by atoms with Crippen molar-refractivity contribution in [3.05, 3.63) is 11.3 Å². The van der Waals surface area contributed by atoms with E-state index in [4.69, 9.17) is 10.8 Å². The molecule has 1 amide bonds. The lowest BCUT2D eigenvalue weighted by molar-refractivity contribution is -0.135. The zero-order valence-electron chi connectivity index (χ0n) is 10.4. The van der Waals surface area contributed by atoms with E-state index in [-0.39, 0.29) is 12.6 Å². The van der Waals surface area contributed by atoms with Gasteiger partial charge in [0.05, 0.1) is 5.69 Å². The summed E-state index contributed by atoms with van der Waals surface area (Å²) in [4.78, 5) is 24.1. The first kappa shape index (κ1) is 12.4. The fourth-order valence-electron chi connectivity index (χ4n) is 2.17. The molecule has 0 saturated heterocycles. The van der Waals surface area contributed by atoms with Gasteiger partial charge in [-0.25, -0.2) is 0 Å².